The van der Waals surface area contributed by atoms with E-state index in [0.29, 0.717) is 29.2 Å². The van der Waals surface area contributed by atoms with E-state index in [0.717, 1.165) is 18.4 Å². The molecule has 37 heavy (non-hydrogen) atoms. The van der Waals surface area contributed by atoms with Gasteiger partial charge in [0.15, 0.2) is 11.5 Å². The first-order chi connectivity index (χ1) is 17.7. The molecule has 2 heterocycles. The Morgan fingerprint density at radius 2 is 1.95 bits per heavy atom. The second kappa shape index (κ2) is 11.2. The maximum Gasteiger partial charge on any atom is 0.247 e. The predicted octanol–water partition coefficient (Wildman–Crippen LogP) is 3.11. The number of aromatic nitrogens is 3. The molecule has 2 aromatic carbocycles. The van der Waals surface area contributed by atoms with E-state index in [1.165, 1.54) is 14.2 Å². The molecule has 2 amide bonds. The smallest absolute Gasteiger partial charge is 0.247 e. The Labute approximate surface area is 216 Å². The molecule has 0 aliphatic carbocycles. The number of nitrogens with zero attached hydrogens (tertiary/aromatic N) is 4. The highest BCUT2D eigenvalue weighted by Crippen LogP contribution is 2.38. The summed E-state index contributed by atoms with van der Waals surface area (Å²) in [5, 5.41) is 11.4. The molecule has 0 bridgehead atoms. The molecule has 1 N–H and O–H groups in total. The van der Waals surface area contributed by atoms with Gasteiger partial charge in [0.1, 0.15) is 18.1 Å². The average Bonchev–Trinajstić information content (AvgIpc) is 3.52. The monoisotopic (exact) mass is 509 g/mol. The molecule has 4 rings (SSSR count). The van der Waals surface area contributed by atoms with Gasteiger partial charge in [-0.25, -0.2) is 4.68 Å². The summed E-state index contributed by atoms with van der Waals surface area (Å²) in [6.45, 7) is 6.49. The lowest BCUT2D eigenvalue weighted by Gasteiger charge is -2.35. The summed E-state index contributed by atoms with van der Waals surface area (Å²) in [6, 6.07) is 11.8. The van der Waals surface area contributed by atoms with Crippen molar-refractivity contribution < 1.29 is 23.8 Å². The van der Waals surface area contributed by atoms with Gasteiger partial charge in [-0.2, -0.15) is 0 Å². The summed E-state index contributed by atoms with van der Waals surface area (Å²) >= 11 is 0. The van der Waals surface area contributed by atoms with Crippen molar-refractivity contribution in [2.75, 3.05) is 27.4 Å². The topological polar surface area (TPSA) is 108 Å². The van der Waals surface area contributed by atoms with E-state index in [2.05, 4.69) is 15.6 Å². The van der Waals surface area contributed by atoms with Gasteiger partial charge in [0.05, 0.1) is 25.8 Å². The number of hydrogen-bond acceptors (Lipinski definition) is 7. The molecular weight excluding hydrogens is 474 g/mol. The minimum atomic E-state index is -0.990. The van der Waals surface area contributed by atoms with Gasteiger partial charge < -0.3 is 24.4 Å². The Kier molecular flexibility index (Phi) is 7.97. The van der Waals surface area contributed by atoms with Crippen LogP contribution in [0, 0.1) is 0 Å². The van der Waals surface area contributed by atoms with E-state index in [1.54, 1.807) is 27.8 Å². The van der Waals surface area contributed by atoms with Gasteiger partial charge >= 0.3 is 0 Å². The van der Waals surface area contributed by atoms with Crippen molar-refractivity contribution in [3.63, 3.8) is 0 Å². The molecule has 0 unspecified atom stereocenters. The zero-order valence-electron chi connectivity index (χ0n) is 22.1. The van der Waals surface area contributed by atoms with Gasteiger partial charge in [-0.05, 0) is 51.8 Å². The van der Waals surface area contributed by atoms with E-state index in [1.807, 2.05) is 45.0 Å². The second-order valence-corrected chi connectivity index (χ2v) is 10.1. The fraction of sp³-hybridized carbons (Fsp3) is 0.481. The number of para-hydroxylation sites is 2. The molecule has 1 fully saturated rings. The first-order valence-corrected chi connectivity index (χ1v) is 12.4. The zero-order valence-corrected chi connectivity index (χ0v) is 22.1. The SMILES string of the molecule is COc1cccc([C@H](C(=O)NC(C)(C)C)N(C[C@@H]2CCCO2)C(=O)Cn2nnc3ccccc32)c1OC. The van der Waals surface area contributed by atoms with Gasteiger partial charge in [-0.3, -0.25) is 9.59 Å². The van der Waals surface area contributed by atoms with Crippen LogP contribution in [0.3, 0.4) is 0 Å². The van der Waals surface area contributed by atoms with Crippen LogP contribution in [0.1, 0.15) is 45.2 Å². The van der Waals surface area contributed by atoms with E-state index in [4.69, 9.17) is 14.2 Å². The van der Waals surface area contributed by atoms with Crippen LogP contribution in [-0.2, 0) is 20.9 Å². The first kappa shape index (κ1) is 26.4. The molecule has 1 aliphatic heterocycles. The van der Waals surface area contributed by atoms with Crippen LogP contribution < -0.4 is 14.8 Å². The summed E-state index contributed by atoms with van der Waals surface area (Å²) in [5.41, 5.74) is 1.43. The number of benzene rings is 2. The molecule has 1 saturated heterocycles. The summed E-state index contributed by atoms with van der Waals surface area (Å²) in [4.78, 5) is 29.5. The molecule has 0 radical (unpaired) electrons. The molecule has 0 spiro atoms. The van der Waals surface area contributed by atoms with Gasteiger partial charge in [0.25, 0.3) is 0 Å². The fourth-order valence-corrected chi connectivity index (χ4v) is 4.63. The number of methoxy groups -OCH3 is 2. The van der Waals surface area contributed by atoms with Crippen LogP contribution >= 0.6 is 0 Å². The lowest BCUT2D eigenvalue weighted by atomic mass is 9.99. The van der Waals surface area contributed by atoms with Crippen molar-refractivity contribution in [1.29, 1.82) is 0 Å². The Morgan fingerprint density at radius 3 is 2.62 bits per heavy atom. The third kappa shape index (κ3) is 6.02. The maximum atomic E-state index is 14.0. The van der Waals surface area contributed by atoms with Gasteiger partial charge in [0, 0.05) is 24.3 Å². The van der Waals surface area contributed by atoms with Crippen molar-refractivity contribution in [1.82, 2.24) is 25.2 Å². The highest BCUT2D eigenvalue weighted by atomic mass is 16.5. The number of carbonyl (C=O) groups excluding carboxylic acids is 2. The Balaban J connectivity index is 1.79. The summed E-state index contributed by atoms with van der Waals surface area (Å²) < 4.78 is 18.6. The average molecular weight is 510 g/mol. The number of carbonyl (C=O) groups is 2. The van der Waals surface area contributed by atoms with Crippen LogP contribution in [-0.4, -0.2) is 70.7 Å². The van der Waals surface area contributed by atoms with Crippen LogP contribution in [0.25, 0.3) is 11.0 Å². The van der Waals surface area contributed by atoms with Crippen molar-refractivity contribution in [2.24, 2.45) is 0 Å². The third-order valence-corrected chi connectivity index (χ3v) is 6.24. The number of rotatable bonds is 9. The first-order valence-electron chi connectivity index (χ1n) is 12.4. The normalized spacial score (nSPS) is 16.4. The predicted molar refractivity (Wildman–Crippen MR) is 138 cm³/mol. The number of amides is 2. The van der Waals surface area contributed by atoms with Crippen LogP contribution in [0.4, 0.5) is 0 Å². The lowest BCUT2D eigenvalue weighted by Crippen LogP contribution is -2.51. The molecule has 1 aromatic heterocycles. The third-order valence-electron chi connectivity index (χ3n) is 6.24. The minimum absolute atomic E-state index is 0.0845. The highest BCUT2D eigenvalue weighted by molar-refractivity contribution is 5.90. The van der Waals surface area contributed by atoms with Crippen molar-refractivity contribution in [3.05, 3.63) is 48.0 Å². The molecule has 10 nitrogen and oxygen atoms in total. The molecule has 3 aromatic rings. The van der Waals surface area contributed by atoms with E-state index in [9.17, 15) is 9.59 Å². The van der Waals surface area contributed by atoms with Crippen LogP contribution in [0.5, 0.6) is 11.5 Å². The van der Waals surface area contributed by atoms with Gasteiger partial charge in [-0.1, -0.05) is 29.5 Å². The van der Waals surface area contributed by atoms with Crippen molar-refractivity contribution in [2.45, 2.75) is 57.8 Å². The zero-order chi connectivity index (χ0) is 26.6. The quantitative estimate of drug-likeness (QED) is 0.472. The number of hydrogen-bond donors (Lipinski definition) is 1. The fourth-order valence-electron chi connectivity index (χ4n) is 4.63. The molecular formula is C27H35N5O5. The Hall–Kier alpha value is -3.66. The number of nitrogens with one attached hydrogen (secondary N) is 1. The molecule has 10 heteroatoms. The number of ether oxygens (including phenoxy) is 3. The van der Waals surface area contributed by atoms with Crippen LogP contribution in [0.2, 0.25) is 0 Å². The van der Waals surface area contributed by atoms with Gasteiger partial charge in [0.2, 0.25) is 11.8 Å². The molecule has 1 aliphatic rings. The van der Waals surface area contributed by atoms with E-state index < -0.39 is 11.6 Å². The lowest BCUT2D eigenvalue weighted by molar-refractivity contribution is -0.143. The largest absolute Gasteiger partial charge is 0.493 e. The molecule has 2 atom stereocenters. The minimum Gasteiger partial charge on any atom is -0.493 e. The summed E-state index contributed by atoms with van der Waals surface area (Å²) in [7, 11) is 3.06. The Bertz CT molecular complexity index is 1250. The highest BCUT2D eigenvalue weighted by Gasteiger charge is 2.38. The van der Waals surface area contributed by atoms with Gasteiger partial charge in [-0.15, -0.1) is 5.10 Å². The summed E-state index contributed by atoms with van der Waals surface area (Å²) in [5.74, 6) is 0.259. The van der Waals surface area contributed by atoms with Crippen LogP contribution in [0.15, 0.2) is 42.5 Å². The molecule has 0 saturated carbocycles. The Morgan fingerprint density at radius 1 is 1.16 bits per heavy atom. The maximum absolute atomic E-state index is 14.0. The second-order valence-electron chi connectivity index (χ2n) is 10.1. The molecule has 198 valence electrons. The van der Waals surface area contributed by atoms with Crippen molar-refractivity contribution in [3.8, 4) is 11.5 Å². The van der Waals surface area contributed by atoms with Crippen molar-refractivity contribution >= 4 is 22.8 Å². The van der Waals surface area contributed by atoms with E-state index >= 15 is 0 Å². The standard InChI is InChI=1S/C27H35N5O5/c1-27(2,3)28-26(34)24(19-11-8-14-22(35-4)25(19)36-5)31(16-18-10-9-15-37-18)23(33)17-32-21-13-7-6-12-20(21)29-30-32/h6-8,11-14,18,24H,9-10,15-17H2,1-5H3,(H,28,34)/t18-,24+/m0/s1. The summed E-state index contributed by atoms with van der Waals surface area (Å²) in [6.07, 6.45) is 1.53. The number of fused-ring (bicyclic) bond motifs is 1. The van der Waals surface area contributed by atoms with E-state index in [-0.39, 0.29) is 31.0 Å².